The Balaban J connectivity index is 2.38. The predicted molar refractivity (Wildman–Crippen MR) is 75.2 cm³/mol. The van der Waals surface area contributed by atoms with Gasteiger partial charge in [-0.25, -0.2) is 8.42 Å². The molecule has 0 saturated carbocycles. The summed E-state index contributed by atoms with van der Waals surface area (Å²) in [7, 11) is -3.19. The van der Waals surface area contributed by atoms with Gasteiger partial charge in [-0.3, -0.25) is 4.79 Å². The van der Waals surface area contributed by atoms with Gasteiger partial charge in [-0.2, -0.15) is 0 Å². The first-order valence-corrected chi connectivity index (χ1v) is 8.57. The van der Waals surface area contributed by atoms with Gasteiger partial charge in [0.2, 0.25) is 5.91 Å². The van der Waals surface area contributed by atoms with Gasteiger partial charge in [0.15, 0.2) is 9.84 Å². The van der Waals surface area contributed by atoms with Crippen molar-refractivity contribution in [2.75, 3.05) is 37.7 Å². The van der Waals surface area contributed by atoms with E-state index in [9.17, 15) is 13.2 Å². The lowest BCUT2D eigenvalue weighted by Gasteiger charge is -2.36. The molecule has 0 aromatic heterocycles. The second-order valence-corrected chi connectivity index (χ2v) is 7.73. The highest BCUT2D eigenvalue weighted by Gasteiger charge is 2.25. The molecule has 1 rings (SSSR count). The summed E-state index contributed by atoms with van der Waals surface area (Å²) in [5, 5.41) is 0. The monoisotopic (exact) mass is 291 g/mol. The van der Waals surface area contributed by atoms with Gasteiger partial charge in [0.25, 0.3) is 0 Å². The van der Waals surface area contributed by atoms with Gasteiger partial charge in [-0.05, 0) is 31.3 Å². The number of amides is 1. The normalized spacial score (nSPS) is 25.4. The van der Waals surface area contributed by atoms with E-state index in [-0.39, 0.29) is 17.9 Å². The molecule has 0 aliphatic carbocycles. The summed E-state index contributed by atoms with van der Waals surface area (Å²) in [6.07, 6.45) is 0.966. The molecule has 2 atom stereocenters. The molecule has 0 aromatic carbocycles. The van der Waals surface area contributed by atoms with Gasteiger partial charge < -0.3 is 16.4 Å². The third-order valence-electron chi connectivity index (χ3n) is 3.88. The van der Waals surface area contributed by atoms with E-state index in [1.807, 2.05) is 0 Å². The molecule has 19 heavy (non-hydrogen) atoms. The molecule has 112 valence electrons. The van der Waals surface area contributed by atoms with E-state index < -0.39 is 15.7 Å². The zero-order valence-electron chi connectivity index (χ0n) is 11.5. The number of sulfone groups is 1. The summed E-state index contributed by atoms with van der Waals surface area (Å²) >= 11 is 0. The fraction of sp³-hybridized carbons (Fsp3) is 0.917. The fourth-order valence-corrected chi connectivity index (χ4v) is 3.61. The third-order valence-corrected chi connectivity index (χ3v) is 5.51. The highest BCUT2D eigenvalue weighted by Crippen LogP contribution is 2.21. The van der Waals surface area contributed by atoms with Crippen molar-refractivity contribution in [1.29, 1.82) is 0 Å². The quantitative estimate of drug-likeness (QED) is 0.638. The number of likely N-dealkylation sites (tertiary alicyclic amines) is 1. The van der Waals surface area contributed by atoms with Crippen LogP contribution in [0.5, 0.6) is 0 Å². The molecule has 7 heteroatoms. The highest BCUT2D eigenvalue weighted by atomic mass is 32.2. The number of nitrogens with two attached hydrogens (primary N) is 2. The van der Waals surface area contributed by atoms with Crippen LogP contribution in [0.4, 0.5) is 0 Å². The van der Waals surface area contributed by atoms with Crippen molar-refractivity contribution >= 4 is 15.7 Å². The number of primary amides is 1. The Morgan fingerprint density at radius 2 is 2.05 bits per heavy atom. The number of piperidine rings is 1. The Bertz CT molecular complexity index is 397. The van der Waals surface area contributed by atoms with Crippen LogP contribution in [0.1, 0.15) is 19.8 Å². The maximum Gasteiger partial charge on any atom is 0.218 e. The Labute approximate surface area is 115 Å². The molecule has 2 unspecified atom stereocenters. The van der Waals surface area contributed by atoms with Crippen molar-refractivity contribution in [3.05, 3.63) is 0 Å². The molecular formula is C12H25N3O3S. The average molecular weight is 291 g/mol. The van der Waals surface area contributed by atoms with E-state index in [0.717, 1.165) is 19.5 Å². The molecule has 1 fully saturated rings. The first-order chi connectivity index (χ1) is 8.84. The van der Waals surface area contributed by atoms with E-state index in [0.29, 0.717) is 24.9 Å². The van der Waals surface area contributed by atoms with Crippen LogP contribution in [-0.2, 0) is 14.6 Å². The molecule has 1 amide bonds. The van der Waals surface area contributed by atoms with Crippen molar-refractivity contribution in [1.82, 2.24) is 4.90 Å². The molecule has 1 aliphatic heterocycles. The highest BCUT2D eigenvalue weighted by molar-refractivity contribution is 7.91. The zero-order chi connectivity index (χ0) is 14.5. The van der Waals surface area contributed by atoms with Gasteiger partial charge in [0.05, 0.1) is 11.5 Å². The minimum atomic E-state index is -3.19. The summed E-state index contributed by atoms with van der Waals surface area (Å²) < 4.78 is 23.5. The number of hydrogen-bond acceptors (Lipinski definition) is 5. The van der Waals surface area contributed by atoms with Crippen LogP contribution in [0.3, 0.4) is 0 Å². The predicted octanol–water partition coefficient (Wildman–Crippen LogP) is -0.807. The topological polar surface area (TPSA) is 106 Å². The molecular weight excluding hydrogens is 266 g/mol. The van der Waals surface area contributed by atoms with E-state index in [1.54, 1.807) is 0 Å². The minimum Gasteiger partial charge on any atom is -0.370 e. The van der Waals surface area contributed by atoms with E-state index >= 15 is 0 Å². The van der Waals surface area contributed by atoms with Crippen LogP contribution in [0.25, 0.3) is 0 Å². The molecule has 4 N–H and O–H groups in total. The van der Waals surface area contributed by atoms with E-state index in [1.165, 1.54) is 0 Å². The molecule has 6 nitrogen and oxygen atoms in total. The second kappa shape index (κ2) is 7.21. The standard InChI is InChI=1S/C12H25N3O3S/c1-10-2-4-15(9-11(10)8-13)5-7-19(17,18)6-3-12(14)16/h10-11H,2-9,13H2,1H3,(H2,14,16). The molecule has 1 heterocycles. The molecule has 0 bridgehead atoms. The molecule has 0 aromatic rings. The van der Waals surface area contributed by atoms with Crippen LogP contribution in [-0.4, -0.2) is 56.9 Å². The first-order valence-electron chi connectivity index (χ1n) is 6.75. The van der Waals surface area contributed by atoms with Gasteiger partial charge in [0.1, 0.15) is 0 Å². The van der Waals surface area contributed by atoms with E-state index in [4.69, 9.17) is 11.5 Å². The SMILES string of the molecule is CC1CCN(CCS(=O)(=O)CCC(N)=O)CC1CN. The van der Waals surface area contributed by atoms with Gasteiger partial charge >= 0.3 is 0 Å². The lowest BCUT2D eigenvalue weighted by atomic mass is 9.87. The summed E-state index contributed by atoms with van der Waals surface area (Å²) in [5.74, 6) is 0.423. The Morgan fingerprint density at radius 3 is 2.63 bits per heavy atom. The summed E-state index contributed by atoms with van der Waals surface area (Å²) in [6, 6.07) is 0. The largest absolute Gasteiger partial charge is 0.370 e. The number of nitrogens with zero attached hydrogens (tertiary/aromatic N) is 1. The summed E-state index contributed by atoms with van der Waals surface area (Å²) in [5.41, 5.74) is 10.7. The van der Waals surface area contributed by atoms with Crippen molar-refractivity contribution in [3.63, 3.8) is 0 Å². The second-order valence-electron chi connectivity index (χ2n) is 5.43. The lowest BCUT2D eigenvalue weighted by Crippen LogP contribution is -2.44. The van der Waals surface area contributed by atoms with Crippen molar-refractivity contribution in [3.8, 4) is 0 Å². The minimum absolute atomic E-state index is 0.0892. The number of rotatable bonds is 7. The number of hydrogen-bond donors (Lipinski definition) is 2. The summed E-state index contributed by atoms with van der Waals surface area (Å²) in [4.78, 5) is 12.8. The van der Waals surface area contributed by atoms with Crippen molar-refractivity contribution in [2.24, 2.45) is 23.3 Å². The Morgan fingerprint density at radius 1 is 1.37 bits per heavy atom. The molecule has 1 saturated heterocycles. The van der Waals surface area contributed by atoms with Gasteiger partial charge in [-0.15, -0.1) is 0 Å². The van der Waals surface area contributed by atoms with Crippen LogP contribution >= 0.6 is 0 Å². The number of carbonyl (C=O) groups excluding carboxylic acids is 1. The fourth-order valence-electron chi connectivity index (χ4n) is 2.36. The average Bonchev–Trinajstić information content (AvgIpc) is 2.36. The van der Waals surface area contributed by atoms with Crippen LogP contribution < -0.4 is 11.5 Å². The summed E-state index contributed by atoms with van der Waals surface area (Å²) in [6.45, 7) is 5.14. The van der Waals surface area contributed by atoms with Gasteiger partial charge in [-0.1, -0.05) is 6.92 Å². The molecule has 0 spiro atoms. The smallest absolute Gasteiger partial charge is 0.218 e. The Hall–Kier alpha value is -0.660. The van der Waals surface area contributed by atoms with Crippen LogP contribution in [0, 0.1) is 11.8 Å². The van der Waals surface area contributed by atoms with Crippen molar-refractivity contribution < 1.29 is 13.2 Å². The molecule has 0 radical (unpaired) electrons. The zero-order valence-corrected chi connectivity index (χ0v) is 12.4. The van der Waals surface area contributed by atoms with Crippen LogP contribution in [0.15, 0.2) is 0 Å². The Kier molecular flexibility index (Phi) is 6.22. The lowest BCUT2D eigenvalue weighted by molar-refractivity contribution is -0.117. The van der Waals surface area contributed by atoms with Crippen LogP contribution in [0.2, 0.25) is 0 Å². The maximum atomic E-state index is 11.7. The maximum absolute atomic E-state index is 11.7. The third kappa shape index (κ3) is 5.88. The van der Waals surface area contributed by atoms with Crippen molar-refractivity contribution in [2.45, 2.75) is 19.8 Å². The first kappa shape index (κ1) is 16.4. The molecule has 1 aliphatic rings. The van der Waals surface area contributed by atoms with Gasteiger partial charge in [0, 0.05) is 19.5 Å². The number of carbonyl (C=O) groups is 1. The van der Waals surface area contributed by atoms with E-state index in [2.05, 4.69) is 11.8 Å².